The molecule has 11 heteroatoms. The molecule has 2 aromatic rings. The number of para-hydroxylation sites is 1. The number of aromatic nitrogens is 2. The highest BCUT2D eigenvalue weighted by molar-refractivity contribution is 14.2. The number of nitrogens with one attached hydrogen (secondary N) is 1. The molecule has 5 nitrogen and oxygen atoms in total. The van der Waals surface area contributed by atoms with Gasteiger partial charge in [0.25, 0.3) is 5.91 Å². The van der Waals surface area contributed by atoms with Gasteiger partial charge < -0.3 is 10.1 Å². The van der Waals surface area contributed by atoms with Crippen LogP contribution in [0.25, 0.3) is 0 Å². The van der Waals surface area contributed by atoms with E-state index in [1.54, 1.807) is 10.5 Å². The van der Waals surface area contributed by atoms with Crippen LogP contribution in [-0.2, 0) is 6.54 Å². The van der Waals surface area contributed by atoms with E-state index in [4.69, 9.17) is 0 Å². The molecule has 1 unspecified atom stereocenters. The van der Waals surface area contributed by atoms with Crippen molar-refractivity contribution in [3.8, 4) is 5.75 Å². The topological polar surface area (TPSA) is 56.2 Å². The Labute approximate surface area is 157 Å². The molecule has 0 aliphatic carbocycles. The summed E-state index contributed by atoms with van der Waals surface area (Å²) in [6.07, 6.45) is -4.43. The maximum atomic E-state index is 12.4. The summed E-state index contributed by atoms with van der Waals surface area (Å²) in [7, 11) is 0. The minimum Gasteiger partial charge on any atom is -0.405 e. The second-order valence-electron chi connectivity index (χ2n) is 4.18. The number of carbonyl (C=O) groups excluding carboxylic acids is 1. The summed E-state index contributed by atoms with van der Waals surface area (Å²) in [5, 5.41) is 6.81. The Morgan fingerprint density at radius 1 is 1.39 bits per heavy atom. The molecular weight excluding hydrogens is 560 g/mol. The van der Waals surface area contributed by atoms with Gasteiger partial charge in [0.05, 0.1) is 24.2 Å². The third-order valence-corrected chi connectivity index (χ3v) is 5.68. The molecule has 1 amide bonds. The molecule has 1 heterocycles. The number of alkyl halides is 3. The van der Waals surface area contributed by atoms with Crippen molar-refractivity contribution in [2.75, 3.05) is 0 Å². The minimum atomic E-state index is -4.85. The van der Waals surface area contributed by atoms with Gasteiger partial charge >= 0.3 is 6.36 Å². The molecule has 1 atom stereocenters. The number of carbonyl (C=O) groups is 1. The fourth-order valence-corrected chi connectivity index (χ4v) is 5.31. The molecular formula is C12H9F3I2N3O2P. The van der Waals surface area contributed by atoms with Crippen molar-refractivity contribution in [1.82, 2.24) is 14.9 Å². The number of nitrogens with zero attached hydrogens (tertiary/aromatic N) is 2. The standard InChI is InChI=1S/C12H9F3I2N3O2P/c13-12(14,15)22-9-4-2-1-3-8(9)11(21)18-6-7-5-10(16)20(19-7)23-17/h1-5,23H,6H2,(H,18,21). The minimum absolute atomic E-state index is 0.114. The fraction of sp³-hybridized carbons (Fsp3) is 0.167. The van der Waals surface area contributed by atoms with Crippen LogP contribution < -0.4 is 10.1 Å². The summed E-state index contributed by atoms with van der Waals surface area (Å²) in [5.74, 6) is -1.20. The van der Waals surface area contributed by atoms with Gasteiger partial charge in [-0.05, 0) is 62.8 Å². The molecule has 1 aromatic carbocycles. The van der Waals surface area contributed by atoms with Gasteiger partial charge in [-0.2, -0.15) is 5.10 Å². The molecule has 1 aromatic heterocycles. The average Bonchev–Trinajstić information content (AvgIpc) is 2.84. The average molecular weight is 569 g/mol. The Kier molecular flexibility index (Phi) is 6.48. The van der Waals surface area contributed by atoms with E-state index < -0.39 is 18.0 Å². The van der Waals surface area contributed by atoms with E-state index in [-0.39, 0.29) is 12.1 Å². The number of hydrogen-bond donors (Lipinski definition) is 1. The lowest BCUT2D eigenvalue weighted by atomic mass is 10.2. The number of benzene rings is 1. The third kappa shape index (κ3) is 5.45. The second kappa shape index (κ2) is 7.97. The van der Waals surface area contributed by atoms with Crippen molar-refractivity contribution in [1.29, 1.82) is 0 Å². The van der Waals surface area contributed by atoms with Gasteiger partial charge in [0.15, 0.2) is 0 Å². The van der Waals surface area contributed by atoms with Crippen molar-refractivity contribution in [2.45, 2.75) is 12.9 Å². The monoisotopic (exact) mass is 569 g/mol. The van der Waals surface area contributed by atoms with Crippen LogP contribution in [0.2, 0.25) is 0 Å². The summed E-state index contributed by atoms with van der Waals surface area (Å²) < 4.78 is 43.6. The molecule has 124 valence electrons. The first-order valence-corrected chi connectivity index (χ1v) is 11.2. The van der Waals surface area contributed by atoms with Crippen LogP contribution in [0.1, 0.15) is 16.1 Å². The van der Waals surface area contributed by atoms with Crippen LogP contribution in [-0.4, -0.2) is 21.8 Å². The number of halogens is 5. The zero-order valence-electron chi connectivity index (χ0n) is 11.2. The predicted molar refractivity (Wildman–Crippen MR) is 97.0 cm³/mol. The molecule has 2 rings (SSSR count). The van der Waals surface area contributed by atoms with E-state index >= 15 is 0 Å². The summed E-state index contributed by atoms with van der Waals surface area (Å²) in [6, 6.07) is 6.99. The zero-order chi connectivity index (χ0) is 17.0. The van der Waals surface area contributed by atoms with Gasteiger partial charge in [-0.1, -0.05) is 12.1 Å². The van der Waals surface area contributed by atoms with Gasteiger partial charge in [-0.15, -0.1) is 13.2 Å². The molecule has 23 heavy (non-hydrogen) atoms. The molecule has 0 saturated heterocycles. The number of rotatable bonds is 5. The van der Waals surface area contributed by atoms with Gasteiger partial charge in [-0.25, -0.2) is 4.45 Å². The van der Waals surface area contributed by atoms with E-state index in [1.165, 1.54) is 18.2 Å². The van der Waals surface area contributed by atoms with E-state index in [0.717, 1.165) is 9.77 Å². The molecule has 0 fully saturated rings. The highest BCUT2D eigenvalue weighted by Gasteiger charge is 2.32. The largest absolute Gasteiger partial charge is 0.573 e. The molecule has 0 bridgehead atoms. The van der Waals surface area contributed by atoms with Crippen LogP contribution in [0.15, 0.2) is 30.3 Å². The summed E-state index contributed by atoms with van der Waals surface area (Å²) >= 11 is 4.29. The quantitative estimate of drug-likeness (QED) is 0.436. The Hall–Kier alpha value is -0.620. The van der Waals surface area contributed by atoms with E-state index in [2.05, 4.69) is 59.8 Å². The van der Waals surface area contributed by atoms with E-state index in [0.29, 0.717) is 12.1 Å². The van der Waals surface area contributed by atoms with Crippen molar-refractivity contribution in [3.63, 3.8) is 0 Å². The van der Waals surface area contributed by atoms with Crippen LogP contribution in [0, 0.1) is 3.70 Å². The SMILES string of the molecule is O=C(NCc1cc(I)n(PI)n1)c1ccccc1OC(F)(F)F. The van der Waals surface area contributed by atoms with Gasteiger partial charge in [-0.3, -0.25) is 4.79 Å². The van der Waals surface area contributed by atoms with E-state index in [1.807, 2.05) is 0 Å². The van der Waals surface area contributed by atoms with Gasteiger partial charge in [0, 0.05) is 0 Å². The van der Waals surface area contributed by atoms with Crippen molar-refractivity contribution < 1.29 is 22.7 Å². The zero-order valence-corrected chi connectivity index (χ0v) is 16.5. The Morgan fingerprint density at radius 3 is 2.70 bits per heavy atom. The summed E-state index contributed by atoms with van der Waals surface area (Å²) in [4.78, 5) is 12.1. The number of amides is 1. The van der Waals surface area contributed by atoms with Crippen LogP contribution in [0.3, 0.4) is 0 Å². The highest BCUT2D eigenvalue weighted by Crippen LogP contribution is 2.27. The van der Waals surface area contributed by atoms with Gasteiger partial charge in [0.1, 0.15) is 9.45 Å². The second-order valence-corrected chi connectivity index (χ2v) is 7.33. The Bertz CT molecular complexity index is 709. The maximum Gasteiger partial charge on any atom is 0.573 e. The van der Waals surface area contributed by atoms with Crippen LogP contribution in [0.4, 0.5) is 13.2 Å². The molecule has 0 aliphatic rings. The van der Waals surface area contributed by atoms with Crippen LogP contribution >= 0.6 is 51.0 Å². The smallest absolute Gasteiger partial charge is 0.405 e. The number of hydrogen-bond acceptors (Lipinski definition) is 3. The Balaban J connectivity index is 2.08. The maximum absolute atomic E-state index is 12.4. The first-order chi connectivity index (χ1) is 10.8. The summed E-state index contributed by atoms with van der Waals surface area (Å²) in [5.41, 5.74) is 0.441. The molecule has 0 spiro atoms. The van der Waals surface area contributed by atoms with E-state index in [9.17, 15) is 18.0 Å². The lowest BCUT2D eigenvalue weighted by molar-refractivity contribution is -0.274. The van der Waals surface area contributed by atoms with Gasteiger partial charge in [0.2, 0.25) is 0 Å². The molecule has 0 aliphatic heterocycles. The molecule has 0 saturated carbocycles. The van der Waals surface area contributed by atoms with Crippen molar-refractivity contribution in [2.24, 2.45) is 0 Å². The van der Waals surface area contributed by atoms with Crippen LogP contribution in [0.5, 0.6) is 5.75 Å². The molecule has 1 N–H and O–H groups in total. The first kappa shape index (κ1) is 18.7. The number of ether oxygens (including phenoxy) is 1. The third-order valence-electron chi connectivity index (χ3n) is 2.58. The fourth-order valence-electron chi connectivity index (χ4n) is 1.68. The lowest BCUT2D eigenvalue weighted by Gasteiger charge is -2.12. The van der Waals surface area contributed by atoms with Crippen molar-refractivity contribution in [3.05, 3.63) is 45.3 Å². The summed E-state index contributed by atoms with van der Waals surface area (Å²) in [6.45, 7) is 0.114. The highest BCUT2D eigenvalue weighted by atomic mass is 127. The normalized spacial score (nSPS) is 11.9. The molecule has 0 radical (unpaired) electrons. The lowest BCUT2D eigenvalue weighted by Crippen LogP contribution is -2.25. The predicted octanol–water partition coefficient (Wildman–Crippen LogP) is 4.11. The van der Waals surface area contributed by atoms with Crippen molar-refractivity contribution >= 4 is 56.9 Å². The first-order valence-electron chi connectivity index (χ1n) is 6.04. The Morgan fingerprint density at radius 2 is 2.09 bits per heavy atom.